The van der Waals surface area contributed by atoms with E-state index in [9.17, 15) is 0 Å². The van der Waals surface area contributed by atoms with Gasteiger partial charge in [0.1, 0.15) is 12.0 Å². The Hall–Kier alpha value is -1.73. The summed E-state index contributed by atoms with van der Waals surface area (Å²) in [5.41, 5.74) is 0.440. The van der Waals surface area contributed by atoms with Gasteiger partial charge in [0.2, 0.25) is 5.89 Å². The zero-order chi connectivity index (χ0) is 14.4. The maximum atomic E-state index is 5.92. The van der Waals surface area contributed by atoms with Crippen molar-refractivity contribution in [3.8, 4) is 11.6 Å². The molecule has 1 aliphatic heterocycles. The van der Waals surface area contributed by atoms with Crippen molar-refractivity contribution in [2.75, 3.05) is 0 Å². The van der Waals surface area contributed by atoms with E-state index in [0.717, 1.165) is 0 Å². The molecule has 1 saturated heterocycles. The molecule has 104 valence electrons. The molecule has 0 radical (unpaired) electrons. The fourth-order valence-electron chi connectivity index (χ4n) is 1.88. The average Bonchev–Trinajstić information content (AvgIpc) is 2.97. The molecule has 0 bridgehead atoms. The topological polar surface area (TPSA) is 70.3 Å². The van der Waals surface area contributed by atoms with Crippen molar-refractivity contribution in [3.63, 3.8) is 0 Å². The van der Waals surface area contributed by atoms with Crippen LogP contribution < -0.4 is 5.59 Å². The summed E-state index contributed by atoms with van der Waals surface area (Å²) in [7, 11) is -0.508. The van der Waals surface area contributed by atoms with E-state index in [-0.39, 0.29) is 11.2 Å². The summed E-state index contributed by atoms with van der Waals surface area (Å²) >= 11 is 0. The summed E-state index contributed by atoms with van der Waals surface area (Å²) < 4.78 is 17.0. The monoisotopic (exact) mass is 273 g/mol. The first-order chi connectivity index (χ1) is 9.39. The third kappa shape index (κ3) is 2.12. The van der Waals surface area contributed by atoms with Crippen LogP contribution >= 0.6 is 0 Å². The predicted octanol–water partition coefficient (Wildman–Crippen LogP) is 1.43. The molecule has 0 N–H and O–H groups in total. The molecule has 1 fully saturated rings. The van der Waals surface area contributed by atoms with Crippen molar-refractivity contribution >= 4 is 12.7 Å². The Morgan fingerprint density at radius 3 is 2.15 bits per heavy atom. The lowest BCUT2D eigenvalue weighted by Gasteiger charge is -2.32. The summed E-state index contributed by atoms with van der Waals surface area (Å²) in [6.07, 6.45) is 6.30. The third-order valence-corrected chi connectivity index (χ3v) is 3.82. The van der Waals surface area contributed by atoms with Crippen LogP contribution in [0.4, 0.5) is 0 Å². The number of aromatic nitrogens is 3. The summed E-state index contributed by atoms with van der Waals surface area (Å²) in [6.45, 7) is 8.01. The summed E-state index contributed by atoms with van der Waals surface area (Å²) in [5, 5.41) is 0. The number of oxazole rings is 1. The fourth-order valence-corrected chi connectivity index (χ4v) is 1.88. The van der Waals surface area contributed by atoms with Gasteiger partial charge in [-0.1, -0.05) is 0 Å². The van der Waals surface area contributed by atoms with Gasteiger partial charge >= 0.3 is 7.12 Å². The molecule has 2 aromatic rings. The van der Waals surface area contributed by atoms with Crippen LogP contribution in [-0.4, -0.2) is 33.3 Å². The standard InChI is InChI=1S/C13H16BN3O3/c1-12(2)13(3,4)20-14(19-12)10-8-16-9(7-17-10)11-15-5-6-18-11/h5-8H,1-4H3. The van der Waals surface area contributed by atoms with Crippen molar-refractivity contribution in [3.05, 3.63) is 24.9 Å². The van der Waals surface area contributed by atoms with E-state index in [0.29, 0.717) is 17.2 Å². The second kappa shape index (κ2) is 4.39. The van der Waals surface area contributed by atoms with Gasteiger partial charge < -0.3 is 13.7 Å². The molecule has 0 amide bonds. The summed E-state index contributed by atoms with van der Waals surface area (Å²) in [5.74, 6) is 0.443. The molecule has 1 aliphatic rings. The van der Waals surface area contributed by atoms with E-state index in [1.54, 1.807) is 18.6 Å². The van der Waals surface area contributed by atoms with Crippen LogP contribution in [-0.2, 0) is 9.31 Å². The van der Waals surface area contributed by atoms with Gasteiger partial charge in [0, 0.05) is 6.20 Å². The Morgan fingerprint density at radius 1 is 0.950 bits per heavy atom. The molecule has 6 nitrogen and oxygen atoms in total. The smallest absolute Gasteiger partial charge is 0.443 e. The number of rotatable bonds is 2. The predicted molar refractivity (Wildman–Crippen MR) is 73.2 cm³/mol. The van der Waals surface area contributed by atoms with Crippen LogP contribution in [0.2, 0.25) is 0 Å². The van der Waals surface area contributed by atoms with Crippen LogP contribution in [0.25, 0.3) is 11.6 Å². The van der Waals surface area contributed by atoms with Crippen LogP contribution in [0.3, 0.4) is 0 Å². The average molecular weight is 273 g/mol. The molecule has 0 aliphatic carbocycles. The van der Waals surface area contributed by atoms with Crippen LogP contribution in [0.1, 0.15) is 27.7 Å². The van der Waals surface area contributed by atoms with E-state index in [1.807, 2.05) is 27.7 Å². The first kappa shape index (κ1) is 13.3. The van der Waals surface area contributed by atoms with E-state index < -0.39 is 7.12 Å². The number of hydrogen-bond donors (Lipinski definition) is 0. The second-order valence-electron chi connectivity index (χ2n) is 5.75. The first-order valence-corrected chi connectivity index (χ1v) is 6.46. The number of hydrogen-bond acceptors (Lipinski definition) is 6. The van der Waals surface area contributed by atoms with Gasteiger partial charge in [-0.2, -0.15) is 0 Å². The zero-order valence-corrected chi connectivity index (χ0v) is 12.0. The van der Waals surface area contributed by atoms with Gasteiger partial charge in [0.05, 0.1) is 29.2 Å². The fraction of sp³-hybridized carbons (Fsp3) is 0.462. The van der Waals surface area contributed by atoms with Crippen molar-refractivity contribution < 1.29 is 13.7 Å². The SMILES string of the molecule is CC1(C)OB(c2cnc(-c3ncco3)cn2)OC1(C)C. The van der Waals surface area contributed by atoms with E-state index >= 15 is 0 Å². The normalized spacial score (nSPS) is 20.3. The maximum Gasteiger partial charge on any atom is 0.516 e. The molecule has 7 heteroatoms. The first-order valence-electron chi connectivity index (χ1n) is 6.46. The maximum absolute atomic E-state index is 5.92. The highest BCUT2D eigenvalue weighted by atomic mass is 16.7. The molecule has 20 heavy (non-hydrogen) atoms. The highest BCUT2D eigenvalue weighted by molar-refractivity contribution is 6.61. The minimum atomic E-state index is -0.508. The quantitative estimate of drug-likeness (QED) is 0.771. The Morgan fingerprint density at radius 2 is 1.65 bits per heavy atom. The van der Waals surface area contributed by atoms with Crippen LogP contribution in [0.15, 0.2) is 29.3 Å². The highest BCUT2D eigenvalue weighted by Crippen LogP contribution is 2.36. The van der Waals surface area contributed by atoms with Gasteiger partial charge in [0.25, 0.3) is 0 Å². The molecular weight excluding hydrogens is 257 g/mol. The Balaban J connectivity index is 1.83. The highest BCUT2D eigenvalue weighted by Gasteiger charge is 2.52. The largest absolute Gasteiger partial charge is 0.516 e. The van der Waals surface area contributed by atoms with Gasteiger partial charge in [-0.05, 0) is 27.7 Å². The molecule has 0 saturated carbocycles. The van der Waals surface area contributed by atoms with Gasteiger partial charge in [-0.25, -0.2) is 9.97 Å². The lowest BCUT2D eigenvalue weighted by atomic mass is 9.85. The van der Waals surface area contributed by atoms with Gasteiger partial charge in [-0.15, -0.1) is 0 Å². The van der Waals surface area contributed by atoms with E-state index in [4.69, 9.17) is 13.7 Å². The molecule has 0 aromatic carbocycles. The van der Waals surface area contributed by atoms with Gasteiger partial charge in [-0.3, -0.25) is 4.98 Å². The Labute approximate surface area is 117 Å². The van der Waals surface area contributed by atoms with E-state index in [2.05, 4.69) is 15.0 Å². The van der Waals surface area contributed by atoms with Crippen molar-refractivity contribution in [2.45, 2.75) is 38.9 Å². The lowest BCUT2D eigenvalue weighted by molar-refractivity contribution is 0.00578. The Bertz CT molecular complexity index is 580. The molecule has 2 aromatic heterocycles. The molecule has 3 rings (SSSR count). The molecular formula is C13H16BN3O3. The lowest BCUT2D eigenvalue weighted by Crippen LogP contribution is -2.41. The molecule has 3 heterocycles. The van der Waals surface area contributed by atoms with Crippen molar-refractivity contribution in [2.24, 2.45) is 0 Å². The summed E-state index contributed by atoms with van der Waals surface area (Å²) in [4.78, 5) is 12.6. The molecule has 0 unspecified atom stereocenters. The summed E-state index contributed by atoms with van der Waals surface area (Å²) in [6, 6.07) is 0. The van der Waals surface area contributed by atoms with E-state index in [1.165, 1.54) is 6.26 Å². The minimum Gasteiger partial charge on any atom is -0.443 e. The van der Waals surface area contributed by atoms with Crippen LogP contribution in [0.5, 0.6) is 0 Å². The number of nitrogens with zero attached hydrogens (tertiary/aromatic N) is 3. The minimum absolute atomic E-state index is 0.388. The Kier molecular flexibility index (Phi) is 2.91. The molecule has 0 spiro atoms. The molecule has 0 atom stereocenters. The van der Waals surface area contributed by atoms with Crippen LogP contribution in [0, 0.1) is 0 Å². The third-order valence-electron chi connectivity index (χ3n) is 3.82. The van der Waals surface area contributed by atoms with Gasteiger partial charge in [0.15, 0.2) is 0 Å². The zero-order valence-electron chi connectivity index (χ0n) is 12.0. The van der Waals surface area contributed by atoms with Crippen molar-refractivity contribution in [1.29, 1.82) is 0 Å². The van der Waals surface area contributed by atoms with Crippen molar-refractivity contribution in [1.82, 2.24) is 15.0 Å². The second-order valence-corrected chi connectivity index (χ2v) is 5.75.